The van der Waals surface area contributed by atoms with Crippen molar-refractivity contribution in [2.24, 2.45) is 11.1 Å². The maximum absolute atomic E-state index is 12.5. The van der Waals surface area contributed by atoms with E-state index in [0.29, 0.717) is 0 Å². The number of rotatable bonds is 4. The van der Waals surface area contributed by atoms with Gasteiger partial charge in [-0.2, -0.15) is 0 Å². The zero-order valence-electron chi connectivity index (χ0n) is 12.4. The number of hydrogen-bond donors (Lipinski definition) is 1. The van der Waals surface area contributed by atoms with E-state index in [1.165, 1.54) is 17.8 Å². The van der Waals surface area contributed by atoms with Gasteiger partial charge in [0, 0.05) is 23.9 Å². The van der Waals surface area contributed by atoms with Crippen molar-refractivity contribution in [3.8, 4) is 0 Å². The van der Waals surface area contributed by atoms with Crippen molar-refractivity contribution in [1.29, 1.82) is 0 Å². The molecule has 0 radical (unpaired) electrons. The van der Waals surface area contributed by atoms with Crippen LogP contribution in [-0.2, 0) is 4.79 Å². The molecule has 2 fully saturated rings. The molecule has 0 aromatic carbocycles. The van der Waals surface area contributed by atoms with Crippen molar-refractivity contribution in [1.82, 2.24) is 4.90 Å². The summed E-state index contributed by atoms with van der Waals surface area (Å²) in [6.45, 7) is 3.79. The highest BCUT2D eigenvalue weighted by Crippen LogP contribution is 2.56. The van der Waals surface area contributed by atoms with Gasteiger partial charge >= 0.3 is 0 Å². The van der Waals surface area contributed by atoms with Crippen molar-refractivity contribution in [3.05, 3.63) is 21.9 Å². The van der Waals surface area contributed by atoms with Gasteiger partial charge in [-0.25, -0.2) is 0 Å². The first-order chi connectivity index (χ1) is 10.0. The molecule has 21 heavy (non-hydrogen) atoms. The summed E-state index contributed by atoms with van der Waals surface area (Å²) in [5.41, 5.74) is 5.18. The molecule has 0 bridgehead atoms. The average Bonchev–Trinajstić information content (AvgIpc) is 3.18. The van der Waals surface area contributed by atoms with Gasteiger partial charge in [0.2, 0.25) is 5.91 Å². The highest BCUT2D eigenvalue weighted by molar-refractivity contribution is 7.14. The standard InChI is InChI=1S/C16H22N2O2S/c1-11(16(7-8-16)15(17)20)12-5-6-13(21-12)14(19)18-9-3-2-4-10-18/h5-6,11H,2-4,7-10H2,1H3,(H2,17,20)/t11-/m0/s1. The van der Waals surface area contributed by atoms with Gasteiger partial charge < -0.3 is 10.6 Å². The maximum Gasteiger partial charge on any atom is 0.263 e. The van der Waals surface area contributed by atoms with Crippen molar-refractivity contribution >= 4 is 23.2 Å². The molecule has 0 unspecified atom stereocenters. The molecule has 0 spiro atoms. The minimum atomic E-state index is -0.365. The van der Waals surface area contributed by atoms with Gasteiger partial charge in [0.25, 0.3) is 5.91 Å². The van der Waals surface area contributed by atoms with E-state index < -0.39 is 0 Å². The van der Waals surface area contributed by atoms with Crippen LogP contribution in [0.25, 0.3) is 0 Å². The molecule has 1 aromatic rings. The van der Waals surface area contributed by atoms with E-state index in [1.54, 1.807) is 0 Å². The lowest BCUT2D eigenvalue weighted by molar-refractivity contribution is -0.123. The number of carbonyl (C=O) groups is 2. The molecule has 2 N–H and O–H groups in total. The lowest BCUT2D eigenvalue weighted by Crippen LogP contribution is -2.35. The Balaban J connectivity index is 1.74. The number of thiophene rings is 1. The van der Waals surface area contributed by atoms with Gasteiger partial charge in [0.15, 0.2) is 0 Å². The maximum atomic E-state index is 12.5. The zero-order valence-corrected chi connectivity index (χ0v) is 13.2. The predicted octanol–water partition coefficient (Wildman–Crippen LogP) is 2.74. The Kier molecular flexibility index (Phi) is 3.78. The smallest absolute Gasteiger partial charge is 0.263 e. The van der Waals surface area contributed by atoms with Gasteiger partial charge in [-0.3, -0.25) is 9.59 Å². The number of hydrogen-bond acceptors (Lipinski definition) is 3. The van der Waals surface area contributed by atoms with Crippen LogP contribution in [0.15, 0.2) is 12.1 Å². The lowest BCUT2D eigenvalue weighted by Gasteiger charge is -2.26. The van der Waals surface area contributed by atoms with Gasteiger partial charge in [0.1, 0.15) is 0 Å². The van der Waals surface area contributed by atoms with Crippen LogP contribution in [0.1, 0.15) is 59.5 Å². The van der Waals surface area contributed by atoms with Crippen molar-refractivity contribution in [2.75, 3.05) is 13.1 Å². The Morgan fingerprint density at radius 3 is 2.48 bits per heavy atom. The first-order valence-electron chi connectivity index (χ1n) is 7.73. The van der Waals surface area contributed by atoms with Crippen LogP contribution < -0.4 is 5.73 Å². The van der Waals surface area contributed by atoms with Crippen LogP contribution in [0.4, 0.5) is 0 Å². The Bertz CT molecular complexity index is 556. The number of amides is 2. The first-order valence-corrected chi connectivity index (χ1v) is 8.55. The summed E-state index contributed by atoms with van der Waals surface area (Å²) in [5.74, 6) is 0.0530. The molecule has 114 valence electrons. The van der Waals surface area contributed by atoms with Gasteiger partial charge in [-0.15, -0.1) is 11.3 Å². The first kappa shape index (κ1) is 14.6. The highest BCUT2D eigenvalue weighted by Gasteiger charge is 2.53. The summed E-state index contributed by atoms with van der Waals surface area (Å²) in [6, 6.07) is 3.90. The third-order valence-corrected chi connectivity index (χ3v) is 6.27. The molecule has 5 heteroatoms. The molecule has 2 heterocycles. The van der Waals surface area contributed by atoms with Crippen LogP contribution in [0.5, 0.6) is 0 Å². The van der Waals surface area contributed by atoms with E-state index in [0.717, 1.165) is 48.5 Å². The molecule has 1 aliphatic carbocycles. The fourth-order valence-electron chi connectivity index (χ4n) is 3.25. The molecular weight excluding hydrogens is 284 g/mol. The predicted molar refractivity (Wildman–Crippen MR) is 83.3 cm³/mol. The lowest BCUT2D eigenvalue weighted by atomic mass is 9.89. The molecule has 1 aromatic heterocycles. The van der Waals surface area contributed by atoms with E-state index in [9.17, 15) is 9.59 Å². The van der Waals surface area contributed by atoms with E-state index in [-0.39, 0.29) is 23.1 Å². The average molecular weight is 306 g/mol. The van der Waals surface area contributed by atoms with Crippen LogP contribution >= 0.6 is 11.3 Å². The van der Waals surface area contributed by atoms with Crippen molar-refractivity contribution in [2.45, 2.75) is 44.9 Å². The largest absolute Gasteiger partial charge is 0.369 e. The Hall–Kier alpha value is -1.36. The summed E-state index contributed by atoms with van der Waals surface area (Å²) in [7, 11) is 0. The van der Waals surface area contributed by atoms with Gasteiger partial charge in [0.05, 0.1) is 10.3 Å². The Morgan fingerprint density at radius 2 is 1.90 bits per heavy atom. The number of nitrogens with two attached hydrogens (primary N) is 1. The summed E-state index contributed by atoms with van der Waals surface area (Å²) >= 11 is 1.53. The molecule has 4 nitrogen and oxygen atoms in total. The number of piperidine rings is 1. The topological polar surface area (TPSA) is 63.4 Å². The van der Waals surface area contributed by atoms with Crippen LogP contribution in [-0.4, -0.2) is 29.8 Å². The molecule has 1 aliphatic heterocycles. The van der Waals surface area contributed by atoms with Gasteiger partial charge in [-0.05, 0) is 44.2 Å². The molecule has 1 atom stereocenters. The fraction of sp³-hybridized carbons (Fsp3) is 0.625. The number of carbonyl (C=O) groups excluding carboxylic acids is 2. The number of likely N-dealkylation sites (tertiary alicyclic amines) is 1. The Labute approximate surface area is 129 Å². The molecule has 3 rings (SSSR count). The second kappa shape index (κ2) is 5.44. The molecule has 2 aliphatic rings. The number of primary amides is 1. The van der Waals surface area contributed by atoms with E-state index in [4.69, 9.17) is 5.73 Å². The monoisotopic (exact) mass is 306 g/mol. The minimum absolute atomic E-state index is 0.114. The van der Waals surface area contributed by atoms with Crippen LogP contribution in [0.2, 0.25) is 0 Å². The SMILES string of the molecule is C[C@@H](c1ccc(C(=O)N2CCCCC2)s1)C1(C(N)=O)CC1. The third kappa shape index (κ3) is 2.59. The molecule has 1 saturated carbocycles. The Morgan fingerprint density at radius 1 is 1.24 bits per heavy atom. The molecular formula is C16H22N2O2S. The van der Waals surface area contributed by atoms with Crippen LogP contribution in [0.3, 0.4) is 0 Å². The van der Waals surface area contributed by atoms with E-state index in [1.807, 2.05) is 17.0 Å². The summed E-state index contributed by atoms with van der Waals surface area (Å²) in [5, 5.41) is 0. The summed E-state index contributed by atoms with van der Waals surface area (Å²) in [6.07, 6.45) is 5.17. The fourth-order valence-corrected chi connectivity index (χ4v) is 4.40. The highest BCUT2D eigenvalue weighted by atomic mass is 32.1. The van der Waals surface area contributed by atoms with Crippen molar-refractivity contribution in [3.63, 3.8) is 0 Å². The number of nitrogens with zero attached hydrogens (tertiary/aromatic N) is 1. The third-order valence-electron chi connectivity index (χ3n) is 5.02. The van der Waals surface area contributed by atoms with E-state index >= 15 is 0 Å². The van der Waals surface area contributed by atoms with Crippen LogP contribution in [0, 0.1) is 5.41 Å². The minimum Gasteiger partial charge on any atom is -0.369 e. The normalized spacial score (nSPS) is 21.9. The van der Waals surface area contributed by atoms with Crippen molar-refractivity contribution < 1.29 is 9.59 Å². The second-order valence-corrected chi connectivity index (χ2v) is 7.41. The molecule has 2 amide bonds. The second-order valence-electron chi connectivity index (χ2n) is 6.30. The van der Waals surface area contributed by atoms with Gasteiger partial charge in [-0.1, -0.05) is 6.92 Å². The summed E-state index contributed by atoms with van der Waals surface area (Å²) in [4.78, 5) is 28.0. The quantitative estimate of drug-likeness (QED) is 0.929. The zero-order chi connectivity index (χ0) is 15.0. The van der Waals surface area contributed by atoms with E-state index in [2.05, 4.69) is 6.92 Å². The summed E-state index contributed by atoms with van der Waals surface area (Å²) < 4.78 is 0. The molecule has 1 saturated heterocycles.